The van der Waals surface area contributed by atoms with E-state index in [0.717, 1.165) is 6.20 Å². The molecule has 0 spiro atoms. The molecule has 0 radical (unpaired) electrons. The SMILES string of the molecule is Cc1c(F)c(N2CC(=NO)C2)nc2c1c(=O)c(C(=O)O)cn2-c1nccs1. The number of oxime groups is 1. The first-order chi connectivity index (χ1) is 12.9. The van der Waals surface area contributed by atoms with E-state index in [2.05, 4.69) is 15.1 Å². The number of aromatic nitrogens is 3. The smallest absolute Gasteiger partial charge is 0.341 e. The Bertz CT molecular complexity index is 1160. The molecular formula is C16H12FN5O4S. The number of aryl methyl sites for hydroxylation is 1. The van der Waals surface area contributed by atoms with Crippen molar-refractivity contribution in [2.45, 2.75) is 6.92 Å². The molecule has 0 aromatic carbocycles. The zero-order chi connectivity index (χ0) is 19.3. The third-order valence-electron chi connectivity index (χ3n) is 4.34. The minimum atomic E-state index is -1.41. The number of carboxylic acid groups (broad SMARTS) is 1. The first-order valence-corrected chi connectivity index (χ1v) is 8.63. The molecule has 4 heterocycles. The molecule has 0 amide bonds. The van der Waals surface area contributed by atoms with Gasteiger partial charge in [0.1, 0.15) is 5.56 Å². The second-order valence-corrected chi connectivity index (χ2v) is 6.83. The van der Waals surface area contributed by atoms with Crippen molar-refractivity contribution in [3.63, 3.8) is 0 Å². The van der Waals surface area contributed by atoms with Gasteiger partial charge in [-0.3, -0.25) is 9.36 Å². The molecular weight excluding hydrogens is 377 g/mol. The van der Waals surface area contributed by atoms with Crippen LogP contribution in [0.15, 0.2) is 27.7 Å². The summed E-state index contributed by atoms with van der Waals surface area (Å²) in [5.41, 5.74) is -0.700. The highest BCUT2D eigenvalue weighted by atomic mass is 32.1. The van der Waals surface area contributed by atoms with Gasteiger partial charge in [-0.15, -0.1) is 11.3 Å². The number of halogens is 1. The fourth-order valence-electron chi connectivity index (χ4n) is 2.93. The van der Waals surface area contributed by atoms with Gasteiger partial charge in [0.05, 0.1) is 24.2 Å². The van der Waals surface area contributed by atoms with Crippen LogP contribution in [0.25, 0.3) is 16.2 Å². The zero-order valence-electron chi connectivity index (χ0n) is 13.9. The van der Waals surface area contributed by atoms with Crippen molar-refractivity contribution >= 4 is 39.9 Å². The van der Waals surface area contributed by atoms with E-state index in [1.54, 1.807) is 10.3 Å². The quantitative estimate of drug-likeness (QED) is 0.516. The van der Waals surface area contributed by atoms with E-state index >= 15 is 0 Å². The Morgan fingerprint density at radius 2 is 2.15 bits per heavy atom. The van der Waals surface area contributed by atoms with Crippen molar-refractivity contribution in [2.75, 3.05) is 18.0 Å². The van der Waals surface area contributed by atoms with Gasteiger partial charge in [0.2, 0.25) is 5.43 Å². The van der Waals surface area contributed by atoms with Gasteiger partial charge in [0, 0.05) is 23.3 Å². The monoisotopic (exact) mass is 389 g/mol. The molecule has 1 saturated heterocycles. The lowest BCUT2D eigenvalue weighted by atomic mass is 10.1. The number of hydrogen-bond donors (Lipinski definition) is 2. The van der Waals surface area contributed by atoms with Crippen molar-refractivity contribution in [3.05, 3.63) is 44.9 Å². The van der Waals surface area contributed by atoms with Crippen LogP contribution in [-0.2, 0) is 0 Å². The third kappa shape index (κ3) is 2.54. The first kappa shape index (κ1) is 17.1. The summed E-state index contributed by atoms with van der Waals surface area (Å²) in [7, 11) is 0. The van der Waals surface area contributed by atoms with E-state index in [1.165, 1.54) is 29.0 Å². The van der Waals surface area contributed by atoms with E-state index < -0.39 is 22.8 Å². The predicted octanol–water partition coefficient (Wildman–Crippen LogP) is 1.64. The molecule has 0 bridgehead atoms. The summed E-state index contributed by atoms with van der Waals surface area (Å²) in [5.74, 6) is -2.13. The van der Waals surface area contributed by atoms with Crippen molar-refractivity contribution in [2.24, 2.45) is 5.16 Å². The second-order valence-electron chi connectivity index (χ2n) is 5.96. The van der Waals surface area contributed by atoms with Crippen LogP contribution in [0.1, 0.15) is 15.9 Å². The van der Waals surface area contributed by atoms with Gasteiger partial charge in [-0.25, -0.2) is 19.2 Å². The summed E-state index contributed by atoms with van der Waals surface area (Å²) in [5, 5.41) is 23.2. The average Bonchev–Trinajstić information content (AvgIpc) is 3.12. The Morgan fingerprint density at radius 1 is 1.41 bits per heavy atom. The average molecular weight is 389 g/mol. The zero-order valence-corrected chi connectivity index (χ0v) is 14.7. The number of hydrogen-bond acceptors (Lipinski definition) is 8. The Labute approximate surface area is 154 Å². The Kier molecular flexibility index (Phi) is 3.88. The van der Waals surface area contributed by atoms with Gasteiger partial charge in [-0.2, -0.15) is 0 Å². The number of thiazole rings is 1. The van der Waals surface area contributed by atoms with E-state index in [4.69, 9.17) is 5.21 Å². The van der Waals surface area contributed by atoms with Gasteiger partial charge in [-0.1, -0.05) is 5.16 Å². The van der Waals surface area contributed by atoms with Crippen molar-refractivity contribution < 1.29 is 19.5 Å². The maximum absolute atomic E-state index is 14.9. The molecule has 9 nitrogen and oxygen atoms in total. The van der Waals surface area contributed by atoms with Crippen LogP contribution < -0.4 is 10.3 Å². The third-order valence-corrected chi connectivity index (χ3v) is 5.11. The van der Waals surface area contributed by atoms with Gasteiger partial charge in [0.15, 0.2) is 22.4 Å². The molecule has 0 aliphatic carbocycles. The lowest BCUT2D eigenvalue weighted by molar-refractivity contribution is 0.0695. The molecule has 3 aromatic heterocycles. The largest absolute Gasteiger partial charge is 0.477 e. The number of anilines is 1. The minimum Gasteiger partial charge on any atom is -0.477 e. The summed E-state index contributed by atoms with van der Waals surface area (Å²) >= 11 is 1.22. The highest BCUT2D eigenvalue weighted by Crippen LogP contribution is 2.29. The number of pyridine rings is 2. The predicted molar refractivity (Wildman–Crippen MR) is 96.1 cm³/mol. The molecule has 2 N–H and O–H groups in total. The highest BCUT2D eigenvalue weighted by Gasteiger charge is 2.30. The van der Waals surface area contributed by atoms with E-state index in [-0.39, 0.29) is 35.5 Å². The van der Waals surface area contributed by atoms with E-state index in [1.807, 2.05) is 0 Å². The topological polar surface area (TPSA) is 121 Å². The van der Waals surface area contributed by atoms with Crippen molar-refractivity contribution in [3.8, 4) is 5.13 Å². The molecule has 1 aliphatic heterocycles. The van der Waals surface area contributed by atoms with E-state index in [9.17, 15) is 19.1 Å². The molecule has 4 rings (SSSR count). The van der Waals surface area contributed by atoms with Crippen LogP contribution in [0, 0.1) is 12.7 Å². The van der Waals surface area contributed by atoms with Crippen LogP contribution >= 0.6 is 11.3 Å². The van der Waals surface area contributed by atoms with Gasteiger partial charge in [-0.05, 0) is 6.92 Å². The van der Waals surface area contributed by atoms with Gasteiger partial charge >= 0.3 is 5.97 Å². The lowest BCUT2D eigenvalue weighted by Crippen LogP contribution is -2.48. The van der Waals surface area contributed by atoms with Crippen LogP contribution in [0.3, 0.4) is 0 Å². The maximum Gasteiger partial charge on any atom is 0.341 e. The molecule has 0 unspecified atom stereocenters. The van der Waals surface area contributed by atoms with Crippen molar-refractivity contribution in [1.29, 1.82) is 0 Å². The van der Waals surface area contributed by atoms with E-state index in [0.29, 0.717) is 10.8 Å². The molecule has 1 fully saturated rings. The lowest BCUT2D eigenvalue weighted by Gasteiger charge is -2.33. The highest BCUT2D eigenvalue weighted by molar-refractivity contribution is 7.12. The fourth-order valence-corrected chi connectivity index (χ4v) is 3.55. The number of rotatable bonds is 3. The van der Waals surface area contributed by atoms with Gasteiger partial charge < -0.3 is 15.2 Å². The minimum absolute atomic E-state index is 0.000168. The number of carboxylic acids is 1. The molecule has 1 aliphatic rings. The summed E-state index contributed by atoms with van der Waals surface area (Å²) < 4.78 is 16.3. The van der Waals surface area contributed by atoms with Crippen LogP contribution in [0.4, 0.5) is 10.2 Å². The summed E-state index contributed by atoms with van der Waals surface area (Å²) in [6.45, 7) is 1.82. The number of aromatic carboxylic acids is 1. The molecule has 138 valence electrons. The van der Waals surface area contributed by atoms with Crippen LogP contribution in [0.2, 0.25) is 0 Å². The standard InChI is InChI=1S/C16H12FN5O4S/c1-7-10-12(23)9(15(24)25)6-22(16-18-2-3-27-16)13(10)19-14(11(7)17)21-4-8(5-21)20-26/h2-3,6,26H,4-5H2,1H3,(H,24,25). The van der Waals surface area contributed by atoms with Gasteiger partial charge in [0.25, 0.3) is 0 Å². The Balaban J connectivity index is 2.06. The Hall–Kier alpha value is -3.34. The van der Waals surface area contributed by atoms with Crippen LogP contribution in [0.5, 0.6) is 0 Å². The summed E-state index contributed by atoms with van der Waals surface area (Å²) in [6.07, 6.45) is 2.68. The molecule has 0 saturated carbocycles. The molecule has 0 atom stereocenters. The maximum atomic E-state index is 14.9. The number of carbonyl (C=O) groups is 1. The molecule has 11 heteroatoms. The summed E-state index contributed by atoms with van der Waals surface area (Å²) in [6, 6.07) is 0. The second kappa shape index (κ2) is 6.13. The molecule has 3 aromatic rings. The first-order valence-electron chi connectivity index (χ1n) is 7.75. The van der Waals surface area contributed by atoms with Crippen molar-refractivity contribution in [1.82, 2.24) is 14.5 Å². The van der Waals surface area contributed by atoms with Crippen LogP contribution in [-0.4, -0.2) is 49.6 Å². The normalized spacial score (nSPS) is 13.7. The number of nitrogens with zero attached hydrogens (tertiary/aromatic N) is 5. The molecule has 27 heavy (non-hydrogen) atoms. The Morgan fingerprint density at radius 3 is 2.74 bits per heavy atom. The summed E-state index contributed by atoms with van der Waals surface area (Å²) in [4.78, 5) is 34.1. The fraction of sp³-hybridized carbons (Fsp3) is 0.188. The number of fused-ring (bicyclic) bond motifs is 1.